The highest BCUT2D eigenvalue weighted by Crippen LogP contribution is 2.24. The summed E-state index contributed by atoms with van der Waals surface area (Å²) in [5.41, 5.74) is 0.567. The fourth-order valence-electron chi connectivity index (χ4n) is 2.90. The largest absolute Gasteiger partial charge is 0.394 e. The van der Waals surface area contributed by atoms with Crippen LogP contribution in [0.4, 0.5) is 11.6 Å². The Kier molecular flexibility index (Phi) is 5.73. The summed E-state index contributed by atoms with van der Waals surface area (Å²) < 4.78 is 11.0. The SMILES string of the molecule is CC(C)(C)OCc1cc(CNc2cc(N3CCCC3CO)ncn2)no1. The Labute approximate surface area is 153 Å². The predicted octanol–water partition coefficient (Wildman–Crippen LogP) is 2.35. The number of nitrogens with zero attached hydrogens (tertiary/aromatic N) is 4. The zero-order valence-corrected chi connectivity index (χ0v) is 15.6. The lowest BCUT2D eigenvalue weighted by molar-refractivity contribution is -0.0241. The van der Waals surface area contributed by atoms with E-state index in [1.807, 2.05) is 32.9 Å². The van der Waals surface area contributed by atoms with Gasteiger partial charge in [0, 0.05) is 18.7 Å². The molecule has 1 saturated heterocycles. The fraction of sp³-hybridized carbons (Fsp3) is 0.611. The van der Waals surface area contributed by atoms with Gasteiger partial charge in [0.25, 0.3) is 0 Å². The van der Waals surface area contributed by atoms with Crippen LogP contribution < -0.4 is 10.2 Å². The van der Waals surface area contributed by atoms with Crippen LogP contribution in [0.1, 0.15) is 45.1 Å². The van der Waals surface area contributed by atoms with Gasteiger partial charge in [0.15, 0.2) is 5.76 Å². The van der Waals surface area contributed by atoms with E-state index < -0.39 is 0 Å². The van der Waals surface area contributed by atoms with Crippen molar-refractivity contribution < 1.29 is 14.4 Å². The van der Waals surface area contributed by atoms with Gasteiger partial charge in [-0.15, -0.1) is 0 Å². The number of nitrogens with one attached hydrogen (secondary N) is 1. The highest BCUT2D eigenvalue weighted by atomic mass is 16.5. The standard InChI is InChI=1S/C18H27N5O3/c1-18(2,3)25-11-15-7-13(22-26-15)9-19-16-8-17(21-12-20-16)23-6-4-5-14(23)10-24/h7-8,12,14,24H,4-6,9-11H2,1-3H3,(H,19,20,21). The molecule has 1 fully saturated rings. The molecular formula is C18H27N5O3. The Morgan fingerprint density at radius 2 is 2.19 bits per heavy atom. The number of anilines is 2. The van der Waals surface area contributed by atoms with Crippen molar-refractivity contribution in [2.45, 2.75) is 58.4 Å². The van der Waals surface area contributed by atoms with Gasteiger partial charge in [-0.3, -0.25) is 0 Å². The maximum atomic E-state index is 9.49. The summed E-state index contributed by atoms with van der Waals surface area (Å²) in [6.45, 7) is 7.94. The van der Waals surface area contributed by atoms with Gasteiger partial charge >= 0.3 is 0 Å². The molecule has 2 aromatic rings. The number of ether oxygens (including phenoxy) is 1. The van der Waals surface area contributed by atoms with Gasteiger partial charge in [0.1, 0.15) is 30.3 Å². The van der Waals surface area contributed by atoms with Crippen molar-refractivity contribution in [1.82, 2.24) is 15.1 Å². The van der Waals surface area contributed by atoms with E-state index in [1.165, 1.54) is 6.33 Å². The van der Waals surface area contributed by atoms with Crippen molar-refractivity contribution in [3.63, 3.8) is 0 Å². The first-order chi connectivity index (χ1) is 12.4. The van der Waals surface area contributed by atoms with Gasteiger partial charge in [-0.2, -0.15) is 0 Å². The topological polar surface area (TPSA) is 96.5 Å². The van der Waals surface area contributed by atoms with Gasteiger partial charge in [0.2, 0.25) is 0 Å². The monoisotopic (exact) mass is 361 g/mol. The lowest BCUT2D eigenvalue weighted by Gasteiger charge is -2.24. The smallest absolute Gasteiger partial charge is 0.162 e. The molecule has 0 aliphatic carbocycles. The van der Waals surface area contributed by atoms with E-state index in [0.29, 0.717) is 24.7 Å². The molecule has 2 aromatic heterocycles. The summed E-state index contributed by atoms with van der Waals surface area (Å²) in [7, 11) is 0. The van der Waals surface area contributed by atoms with E-state index in [4.69, 9.17) is 9.26 Å². The minimum absolute atomic E-state index is 0.138. The lowest BCUT2D eigenvalue weighted by atomic mass is 10.2. The first-order valence-corrected chi connectivity index (χ1v) is 8.96. The van der Waals surface area contributed by atoms with Crippen LogP contribution in [-0.4, -0.2) is 45.0 Å². The van der Waals surface area contributed by atoms with Crippen LogP contribution in [0.15, 0.2) is 23.0 Å². The Morgan fingerprint density at radius 3 is 2.96 bits per heavy atom. The first kappa shape index (κ1) is 18.6. The van der Waals surface area contributed by atoms with Crippen LogP contribution in [0.2, 0.25) is 0 Å². The van der Waals surface area contributed by atoms with Crippen molar-refractivity contribution >= 4 is 11.6 Å². The first-order valence-electron chi connectivity index (χ1n) is 8.96. The van der Waals surface area contributed by atoms with Crippen LogP contribution in [0.5, 0.6) is 0 Å². The van der Waals surface area contributed by atoms with Crippen molar-refractivity contribution in [1.29, 1.82) is 0 Å². The van der Waals surface area contributed by atoms with E-state index in [2.05, 4.69) is 25.3 Å². The second-order valence-electron chi connectivity index (χ2n) is 7.47. The molecule has 8 nitrogen and oxygen atoms in total. The number of hydrogen-bond acceptors (Lipinski definition) is 8. The maximum absolute atomic E-state index is 9.49. The van der Waals surface area contributed by atoms with E-state index in [1.54, 1.807) is 0 Å². The molecule has 0 saturated carbocycles. The zero-order valence-electron chi connectivity index (χ0n) is 15.6. The van der Waals surface area contributed by atoms with Crippen LogP contribution in [0.3, 0.4) is 0 Å². The van der Waals surface area contributed by atoms with Crippen LogP contribution >= 0.6 is 0 Å². The summed E-state index contributed by atoms with van der Waals surface area (Å²) in [5.74, 6) is 2.25. The number of aliphatic hydroxyl groups is 1. The lowest BCUT2D eigenvalue weighted by Crippen LogP contribution is -2.32. The molecule has 3 heterocycles. The number of hydrogen-bond donors (Lipinski definition) is 2. The molecule has 0 amide bonds. The Bertz CT molecular complexity index is 713. The average Bonchev–Trinajstić information content (AvgIpc) is 3.27. The second-order valence-corrected chi connectivity index (χ2v) is 7.47. The summed E-state index contributed by atoms with van der Waals surface area (Å²) in [4.78, 5) is 10.7. The molecule has 2 N–H and O–H groups in total. The molecule has 0 spiro atoms. The van der Waals surface area contributed by atoms with Crippen molar-refractivity contribution in [2.24, 2.45) is 0 Å². The molecule has 3 rings (SSSR count). The summed E-state index contributed by atoms with van der Waals surface area (Å²) in [6.07, 6.45) is 3.59. The number of aromatic nitrogens is 3. The molecule has 26 heavy (non-hydrogen) atoms. The molecule has 1 aliphatic heterocycles. The Hall–Kier alpha value is -2.19. The normalized spacial score (nSPS) is 17.7. The predicted molar refractivity (Wildman–Crippen MR) is 97.9 cm³/mol. The average molecular weight is 361 g/mol. The van der Waals surface area contributed by atoms with Crippen molar-refractivity contribution in [2.75, 3.05) is 23.4 Å². The molecule has 1 atom stereocenters. The molecule has 0 aromatic carbocycles. The third-order valence-corrected chi connectivity index (χ3v) is 4.24. The van der Waals surface area contributed by atoms with Gasteiger partial charge in [0.05, 0.1) is 24.8 Å². The third-order valence-electron chi connectivity index (χ3n) is 4.24. The minimum atomic E-state index is -0.218. The van der Waals surface area contributed by atoms with E-state index >= 15 is 0 Å². The van der Waals surface area contributed by atoms with Crippen LogP contribution in [0, 0.1) is 0 Å². The fourth-order valence-corrected chi connectivity index (χ4v) is 2.90. The molecule has 1 unspecified atom stereocenters. The van der Waals surface area contributed by atoms with Gasteiger partial charge in [-0.25, -0.2) is 9.97 Å². The molecular weight excluding hydrogens is 334 g/mol. The second kappa shape index (κ2) is 8.01. The van der Waals surface area contributed by atoms with Crippen LogP contribution in [-0.2, 0) is 17.9 Å². The molecule has 0 bridgehead atoms. The van der Waals surface area contributed by atoms with E-state index in [9.17, 15) is 5.11 Å². The number of aliphatic hydroxyl groups excluding tert-OH is 1. The maximum Gasteiger partial charge on any atom is 0.162 e. The third kappa shape index (κ3) is 4.92. The summed E-state index contributed by atoms with van der Waals surface area (Å²) in [5, 5.41) is 16.8. The zero-order chi connectivity index (χ0) is 18.6. The molecule has 8 heteroatoms. The summed E-state index contributed by atoms with van der Waals surface area (Å²) >= 11 is 0. The Balaban J connectivity index is 1.57. The molecule has 1 aliphatic rings. The minimum Gasteiger partial charge on any atom is -0.394 e. The summed E-state index contributed by atoms with van der Waals surface area (Å²) in [6, 6.07) is 3.92. The van der Waals surface area contributed by atoms with Gasteiger partial charge in [-0.05, 0) is 33.6 Å². The van der Waals surface area contributed by atoms with E-state index in [-0.39, 0.29) is 18.2 Å². The highest BCUT2D eigenvalue weighted by Gasteiger charge is 2.25. The van der Waals surface area contributed by atoms with Gasteiger partial charge < -0.3 is 24.6 Å². The quantitative estimate of drug-likeness (QED) is 0.776. The molecule has 142 valence electrons. The van der Waals surface area contributed by atoms with Crippen LogP contribution in [0.25, 0.3) is 0 Å². The van der Waals surface area contributed by atoms with Crippen molar-refractivity contribution in [3.8, 4) is 0 Å². The highest BCUT2D eigenvalue weighted by molar-refractivity contribution is 5.50. The van der Waals surface area contributed by atoms with Crippen molar-refractivity contribution in [3.05, 3.63) is 29.9 Å². The number of rotatable bonds is 7. The van der Waals surface area contributed by atoms with Gasteiger partial charge in [-0.1, -0.05) is 5.16 Å². The Morgan fingerprint density at radius 1 is 1.35 bits per heavy atom. The molecule has 0 radical (unpaired) electrons. The van der Waals surface area contributed by atoms with E-state index in [0.717, 1.165) is 30.9 Å².